The van der Waals surface area contributed by atoms with Gasteiger partial charge in [0, 0.05) is 17.6 Å². The number of halogens is 3. The topological polar surface area (TPSA) is 86.8 Å². The number of anilines is 1. The molecule has 3 aromatic carbocycles. The Labute approximate surface area is 257 Å². The van der Waals surface area contributed by atoms with Crippen LogP contribution in [0.25, 0.3) is 0 Å². The Hall–Kier alpha value is -2.78. The summed E-state index contributed by atoms with van der Waals surface area (Å²) in [5.41, 5.74) is 1.78. The predicted octanol–water partition coefficient (Wildman–Crippen LogP) is 6.87. The fraction of sp³-hybridized carbons (Fsp3) is 0.333. The molecule has 7 nitrogen and oxygen atoms in total. The zero-order valence-electron chi connectivity index (χ0n) is 23.4. The molecule has 2 atom stereocenters. The van der Waals surface area contributed by atoms with Gasteiger partial charge in [0.2, 0.25) is 11.8 Å². The highest BCUT2D eigenvalue weighted by Gasteiger charge is 2.34. The van der Waals surface area contributed by atoms with Crippen LogP contribution >= 0.6 is 34.8 Å². The molecule has 2 amide bonds. The van der Waals surface area contributed by atoms with Crippen LogP contribution in [0.2, 0.25) is 15.1 Å². The van der Waals surface area contributed by atoms with Gasteiger partial charge < -0.3 is 10.2 Å². The highest BCUT2D eigenvalue weighted by molar-refractivity contribution is 7.92. The van der Waals surface area contributed by atoms with E-state index in [1.807, 2.05) is 27.7 Å². The quantitative estimate of drug-likeness (QED) is 0.235. The number of nitrogens with zero attached hydrogens (tertiary/aromatic N) is 2. The van der Waals surface area contributed by atoms with E-state index in [9.17, 15) is 18.0 Å². The predicted molar refractivity (Wildman–Crippen MR) is 166 cm³/mol. The number of carbonyl (C=O) groups excluding carboxylic acids is 2. The molecule has 0 spiro atoms. The number of amides is 2. The van der Waals surface area contributed by atoms with E-state index in [-0.39, 0.29) is 39.1 Å². The van der Waals surface area contributed by atoms with E-state index in [0.717, 1.165) is 15.4 Å². The number of nitrogens with one attached hydrogen (secondary N) is 1. The van der Waals surface area contributed by atoms with Crippen molar-refractivity contribution in [1.29, 1.82) is 0 Å². The van der Waals surface area contributed by atoms with Crippen molar-refractivity contribution in [2.75, 3.05) is 10.8 Å². The van der Waals surface area contributed by atoms with E-state index >= 15 is 0 Å². The van der Waals surface area contributed by atoms with Gasteiger partial charge in [-0.25, -0.2) is 8.42 Å². The minimum absolute atomic E-state index is 0.00720. The molecule has 11 heteroatoms. The lowest BCUT2D eigenvalue weighted by Gasteiger charge is -2.33. The third kappa shape index (κ3) is 8.38. The van der Waals surface area contributed by atoms with Gasteiger partial charge in [-0.3, -0.25) is 13.9 Å². The largest absolute Gasteiger partial charge is 0.352 e. The van der Waals surface area contributed by atoms with Crippen LogP contribution in [-0.4, -0.2) is 43.8 Å². The first-order chi connectivity index (χ1) is 19.4. The monoisotopic (exact) mass is 637 g/mol. The number of hydrogen-bond donors (Lipinski definition) is 1. The van der Waals surface area contributed by atoms with Gasteiger partial charge in [0.15, 0.2) is 0 Å². The molecule has 0 unspecified atom stereocenters. The maximum atomic E-state index is 14.1. The van der Waals surface area contributed by atoms with Gasteiger partial charge >= 0.3 is 0 Å². The van der Waals surface area contributed by atoms with Gasteiger partial charge in [-0.05, 0) is 74.7 Å². The fourth-order valence-electron chi connectivity index (χ4n) is 4.15. The van der Waals surface area contributed by atoms with Crippen molar-refractivity contribution >= 4 is 62.3 Å². The van der Waals surface area contributed by atoms with Gasteiger partial charge in [0.25, 0.3) is 10.0 Å². The molecule has 220 valence electrons. The highest BCUT2D eigenvalue weighted by atomic mass is 35.5. The van der Waals surface area contributed by atoms with E-state index in [1.165, 1.54) is 35.2 Å². The highest BCUT2D eigenvalue weighted by Crippen LogP contribution is 2.31. The van der Waals surface area contributed by atoms with Crippen molar-refractivity contribution in [3.05, 3.63) is 92.9 Å². The average molecular weight is 639 g/mol. The first-order valence-electron chi connectivity index (χ1n) is 13.3. The number of carbonyl (C=O) groups is 2. The molecule has 0 aromatic heterocycles. The van der Waals surface area contributed by atoms with Crippen molar-refractivity contribution < 1.29 is 18.0 Å². The molecule has 0 aliphatic rings. The van der Waals surface area contributed by atoms with Gasteiger partial charge in [-0.15, -0.1) is 0 Å². The lowest BCUT2D eigenvalue weighted by atomic mass is 10.1. The average Bonchev–Trinajstić information content (AvgIpc) is 2.94. The van der Waals surface area contributed by atoms with Crippen molar-refractivity contribution in [1.82, 2.24) is 10.2 Å². The number of hydrogen-bond acceptors (Lipinski definition) is 4. The SMILES string of the molecule is CC[C@@H](C)NC(=O)[C@@H](CC)N(Cc1ccc(Cl)cc1)C(=O)CN(c1ccc(Cl)c(Cl)c1)S(=O)(=O)c1ccc(C)cc1. The van der Waals surface area contributed by atoms with Gasteiger partial charge in [0.05, 0.1) is 20.6 Å². The minimum Gasteiger partial charge on any atom is -0.352 e. The van der Waals surface area contributed by atoms with Crippen molar-refractivity contribution in [3.63, 3.8) is 0 Å². The second-order valence-corrected chi connectivity index (χ2v) is 12.9. The number of aryl methyl sites for hydroxylation is 1. The summed E-state index contributed by atoms with van der Waals surface area (Å²) in [7, 11) is -4.22. The molecule has 0 heterocycles. The Bertz CT molecular complexity index is 1470. The second-order valence-electron chi connectivity index (χ2n) is 9.81. The Kier molecular flexibility index (Phi) is 11.5. The molecule has 1 N–H and O–H groups in total. The lowest BCUT2D eigenvalue weighted by Crippen LogP contribution is -2.53. The molecule has 0 bridgehead atoms. The van der Waals surface area contributed by atoms with Crippen LogP contribution in [0.15, 0.2) is 71.6 Å². The molecule has 0 saturated heterocycles. The van der Waals surface area contributed by atoms with Gasteiger partial charge in [0.1, 0.15) is 12.6 Å². The van der Waals surface area contributed by atoms with Crippen LogP contribution in [0.5, 0.6) is 0 Å². The van der Waals surface area contributed by atoms with E-state index in [0.29, 0.717) is 17.9 Å². The molecule has 41 heavy (non-hydrogen) atoms. The molecule has 0 fully saturated rings. The Morgan fingerprint density at radius 2 is 1.51 bits per heavy atom. The summed E-state index contributed by atoms with van der Waals surface area (Å²) in [5.74, 6) is -0.875. The van der Waals surface area contributed by atoms with Crippen molar-refractivity contribution in [2.45, 2.75) is 64.1 Å². The third-order valence-electron chi connectivity index (χ3n) is 6.73. The van der Waals surface area contributed by atoms with Crippen LogP contribution in [0, 0.1) is 6.92 Å². The number of rotatable bonds is 12. The maximum absolute atomic E-state index is 14.1. The first-order valence-corrected chi connectivity index (χ1v) is 15.8. The molecule has 0 saturated carbocycles. The molecular formula is C30H34Cl3N3O4S. The fourth-order valence-corrected chi connectivity index (χ4v) is 5.98. The first kappa shape index (κ1) is 32.7. The van der Waals surface area contributed by atoms with Crippen LogP contribution in [0.4, 0.5) is 5.69 Å². The Morgan fingerprint density at radius 3 is 2.07 bits per heavy atom. The second kappa shape index (κ2) is 14.4. The molecule has 3 aromatic rings. The molecule has 0 aliphatic heterocycles. The smallest absolute Gasteiger partial charge is 0.264 e. The summed E-state index contributed by atoms with van der Waals surface area (Å²) < 4.78 is 28.9. The third-order valence-corrected chi connectivity index (χ3v) is 9.51. The normalized spacial score (nSPS) is 12.9. The number of sulfonamides is 1. The summed E-state index contributed by atoms with van der Waals surface area (Å²) in [6.45, 7) is 6.99. The standard InChI is InChI=1S/C30H34Cl3N3O4S/c1-5-21(4)34-30(38)28(6-2)35(18-22-9-11-23(31)12-10-22)29(37)19-36(24-13-16-26(32)27(33)17-24)41(39,40)25-14-7-20(3)8-15-25/h7-17,21,28H,5-6,18-19H2,1-4H3,(H,34,38)/t21-,28-/m1/s1. The van der Waals surface area contributed by atoms with Crippen LogP contribution in [-0.2, 0) is 26.2 Å². The van der Waals surface area contributed by atoms with E-state index < -0.39 is 28.5 Å². The summed E-state index contributed by atoms with van der Waals surface area (Å²) in [4.78, 5) is 28.8. The molecule has 0 aliphatic carbocycles. The van der Waals surface area contributed by atoms with E-state index in [4.69, 9.17) is 34.8 Å². The maximum Gasteiger partial charge on any atom is 0.264 e. The summed E-state index contributed by atoms with van der Waals surface area (Å²) >= 11 is 18.4. The van der Waals surface area contributed by atoms with Gasteiger partial charge in [-0.1, -0.05) is 78.5 Å². The molecule has 0 radical (unpaired) electrons. The Morgan fingerprint density at radius 1 is 0.878 bits per heavy atom. The van der Waals surface area contributed by atoms with Crippen molar-refractivity contribution in [2.24, 2.45) is 0 Å². The van der Waals surface area contributed by atoms with E-state index in [1.54, 1.807) is 36.4 Å². The summed E-state index contributed by atoms with van der Waals surface area (Å²) in [6, 6.07) is 16.7. The molecular weight excluding hydrogens is 605 g/mol. The van der Waals surface area contributed by atoms with Crippen LogP contribution in [0.1, 0.15) is 44.7 Å². The zero-order chi connectivity index (χ0) is 30.3. The summed E-state index contributed by atoms with van der Waals surface area (Å²) in [5, 5.41) is 3.86. The lowest BCUT2D eigenvalue weighted by molar-refractivity contribution is -0.140. The van der Waals surface area contributed by atoms with Crippen molar-refractivity contribution in [3.8, 4) is 0 Å². The van der Waals surface area contributed by atoms with Crippen LogP contribution < -0.4 is 9.62 Å². The zero-order valence-corrected chi connectivity index (χ0v) is 26.5. The summed E-state index contributed by atoms with van der Waals surface area (Å²) in [6.07, 6.45) is 1.03. The Balaban J connectivity index is 2.08. The van der Waals surface area contributed by atoms with Gasteiger partial charge in [-0.2, -0.15) is 0 Å². The van der Waals surface area contributed by atoms with Crippen LogP contribution in [0.3, 0.4) is 0 Å². The number of benzene rings is 3. The molecule has 3 rings (SSSR count). The minimum atomic E-state index is -4.22. The van der Waals surface area contributed by atoms with E-state index in [2.05, 4.69) is 5.32 Å².